The smallest absolute Gasteiger partial charge is 0.185 e. The Bertz CT molecular complexity index is 532. The molecule has 1 aliphatic rings. The van der Waals surface area contributed by atoms with E-state index in [0.717, 1.165) is 12.8 Å². The van der Waals surface area contributed by atoms with E-state index in [0.29, 0.717) is 23.1 Å². The molecule has 2 aromatic rings. The molecule has 3 rings (SSSR count). The lowest BCUT2D eigenvalue weighted by atomic mass is 10.2. The van der Waals surface area contributed by atoms with E-state index >= 15 is 0 Å². The van der Waals surface area contributed by atoms with Gasteiger partial charge in [-0.1, -0.05) is 0 Å². The third-order valence-electron chi connectivity index (χ3n) is 2.62. The molecule has 0 aliphatic heterocycles. The van der Waals surface area contributed by atoms with Crippen molar-refractivity contribution in [3.8, 4) is 11.4 Å². The molecule has 0 amide bonds. The minimum Gasteiger partial charge on any atom is -0.399 e. The van der Waals surface area contributed by atoms with Gasteiger partial charge in [0.2, 0.25) is 0 Å². The molecule has 0 unspecified atom stereocenters. The zero-order valence-corrected chi connectivity index (χ0v) is 8.47. The van der Waals surface area contributed by atoms with Gasteiger partial charge in [0, 0.05) is 5.69 Å². The van der Waals surface area contributed by atoms with E-state index in [1.54, 1.807) is 16.8 Å². The lowest BCUT2D eigenvalue weighted by Crippen LogP contribution is -2.01. The third-order valence-corrected chi connectivity index (χ3v) is 2.62. The van der Waals surface area contributed by atoms with E-state index in [4.69, 9.17) is 5.73 Å². The first kappa shape index (κ1) is 9.26. The van der Waals surface area contributed by atoms with Crippen LogP contribution in [0, 0.1) is 5.82 Å². The van der Waals surface area contributed by atoms with Crippen LogP contribution in [0.5, 0.6) is 0 Å². The summed E-state index contributed by atoms with van der Waals surface area (Å²) >= 11 is 0. The van der Waals surface area contributed by atoms with Crippen LogP contribution in [-0.2, 0) is 0 Å². The maximum Gasteiger partial charge on any atom is 0.185 e. The molecular weight excluding hydrogens is 209 g/mol. The van der Waals surface area contributed by atoms with Gasteiger partial charge < -0.3 is 5.73 Å². The average molecular weight is 219 g/mol. The number of benzene rings is 1. The number of tetrazole rings is 1. The molecule has 0 spiro atoms. The average Bonchev–Trinajstić information content (AvgIpc) is 2.98. The molecule has 1 heterocycles. The van der Waals surface area contributed by atoms with E-state index in [9.17, 15) is 4.39 Å². The Balaban J connectivity index is 2.10. The van der Waals surface area contributed by atoms with Crippen LogP contribution in [0.3, 0.4) is 0 Å². The maximum atomic E-state index is 13.7. The second kappa shape index (κ2) is 3.26. The normalized spacial score (nSPS) is 15.3. The van der Waals surface area contributed by atoms with Gasteiger partial charge in [-0.2, -0.15) is 0 Å². The molecule has 1 aliphatic carbocycles. The van der Waals surface area contributed by atoms with Crippen LogP contribution in [0.4, 0.5) is 10.1 Å². The molecule has 6 heteroatoms. The quantitative estimate of drug-likeness (QED) is 0.775. The van der Waals surface area contributed by atoms with Crippen LogP contribution in [0.1, 0.15) is 18.9 Å². The zero-order valence-electron chi connectivity index (χ0n) is 8.47. The standard InChI is InChI=1S/C10H10FN5/c11-9-5-6(12)1-4-8(9)10-13-14-15-16(10)7-2-3-7/h1,4-5,7H,2-3,12H2. The maximum absolute atomic E-state index is 13.7. The number of halogens is 1. The van der Waals surface area contributed by atoms with Crippen LogP contribution in [0.15, 0.2) is 18.2 Å². The van der Waals surface area contributed by atoms with Crippen molar-refractivity contribution < 1.29 is 4.39 Å². The second-order valence-corrected chi connectivity index (χ2v) is 3.92. The summed E-state index contributed by atoms with van der Waals surface area (Å²) < 4.78 is 15.4. The summed E-state index contributed by atoms with van der Waals surface area (Å²) in [5.74, 6) is 0.0803. The van der Waals surface area contributed by atoms with Gasteiger partial charge in [-0.25, -0.2) is 9.07 Å². The van der Waals surface area contributed by atoms with Gasteiger partial charge in [0.25, 0.3) is 0 Å². The summed E-state index contributed by atoms with van der Waals surface area (Å²) in [6.45, 7) is 0. The number of nitrogens with zero attached hydrogens (tertiary/aromatic N) is 4. The summed E-state index contributed by atoms with van der Waals surface area (Å²) in [5.41, 5.74) is 6.28. The van der Waals surface area contributed by atoms with Crippen molar-refractivity contribution in [1.82, 2.24) is 20.2 Å². The highest BCUT2D eigenvalue weighted by atomic mass is 19.1. The van der Waals surface area contributed by atoms with Crippen molar-refractivity contribution in [2.24, 2.45) is 0 Å². The SMILES string of the molecule is Nc1ccc(-c2nnnn2C2CC2)c(F)c1. The van der Waals surface area contributed by atoms with Gasteiger partial charge in [0.15, 0.2) is 5.82 Å². The molecule has 1 aromatic carbocycles. The number of anilines is 1. The molecule has 0 bridgehead atoms. The Kier molecular flexibility index (Phi) is 1.89. The minimum atomic E-state index is -0.392. The lowest BCUT2D eigenvalue weighted by Gasteiger charge is -2.04. The first-order valence-electron chi connectivity index (χ1n) is 5.09. The molecule has 0 radical (unpaired) electrons. The number of aromatic nitrogens is 4. The third kappa shape index (κ3) is 1.42. The van der Waals surface area contributed by atoms with Gasteiger partial charge >= 0.3 is 0 Å². The highest BCUT2D eigenvalue weighted by Gasteiger charge is 2.28. The number of rotatable bonds is 2. The Morgan fingerprint density at radius 2 is 2.19 bits per heavy atom. The van der Waals surface area contributed by atoms with Crippen molar-refractivity contribution in [3.63, 3.8) is 0 Å². The topological polar surface area (TPSA) is 69.6 Å². The van der Waals surface area contributed by atoms with Gasteiger partial charge in [0.05, 0.1) is 11.6 Å². The predicted molar refractivity (Wildman–Crippen MR) is 55.9 cm³/mol. The lowest BCUT2D eigenvalue weighted by molar-refractivity contribution is 0.604. The molecule has 5 nitrogen and oxygen atoms in total. The minimum absolute atomic E-state index is 0.321. The number of hydrogen-bond acceptors (Lipinski definition) is 4. The van der Waals surface area contributed by atoms with Crippen molar-refractivity contribution >= 4 is 5.69 Å². The molecule has 0 atom stereocenters. The van der Waals surface area contributed by atoms with Crippen LogP contribution in [0.2, 0.25) is 0 Å². The molecule has 82 valence electrons. The largest absolute Gasteiger partial charge is 0.399 e. The van der Waals surface area contributed by atoms with E-state index in [2.05, 4.69) is 15.5 Å². The Morgan fingerprint density at radius 1 is 1.38 bits per heavy atom. The van der Waals surface area contributed by atoms with E-state index < -0.39 is 5.82 Å². The fraction of sp³-hybridized carbons (Fsp3) is 0.300. The molecule has 0 saturated heterocycles. The van der Waals surface area contributed by atoms with Crippen molar-refractivity contribution in [2.45, 2.75) is 18.9 Å². The Hall–Kier alpha value is -1.98. The number of hydrogen-bond donors (Lipinski definition) is 1. The molecule has 16 heavy (non-hydrogen) atoms. The van der Waals surface area contributed by atoms with Gasteiger partial charge in [-0.15, -0.1) is 5.10 Å². The summed E-state index contributed by atoms with van der Waals surface area (Å²) in [4.78, 5) is 0. The molecular formula is C10H10FN5. The van der Waals surface area contributed by atoms with Crippen LogP contribution in [-0.4, -0.2) is 20.2 Å². The zero-order chi connectivity index (χ0) is 11.1. The molecule has 2 N–H and O–H groups in total. The van der Waals surface area contributed by atoms with Crippen LogP contribution < -0.4 is 5.73 Å². The second-order valence-electron chi connectivity index (χ2n) is 3.92. The highest BCUT2D eigenvalue weighted by Crippen LogP contribution is 2.37. The summed E-state index contributed by atoms with van der Waals surface area (Å²) in [7, 11) is 0. The van der Waals surface area contributed by atoms with Gasteiger partial charge in [0.1, 0.15) is 5.82 Å². The van der Waals surface area contributed by atoms with E-state index in [-0.39, 0.29) is 0 Å². The van der Waals surface area contributed by atoms with E-state index in [1.807, 2.05) is 0 Å². The van der Waals surface area contributed by atoms with Crippen molar-refractivity contribution in [3.05, 3.63) is 24.0 Å². The Labute approximate surface area is 91.1 Å². The fourth-order valence-corrected chi connectivity index (χ4v) is 1.65. The monoisotopic (exact) mass is 219 g/mol. The number of nitrogens with two attached hydrogens (primary N) is 1. The van der Waals surface area contributed by atoms with E-state index in [1.165, 1.54) is 6.07 Å². The molecule has 1 saturated carbocycles. The predicted octanol–water partition coefficient (Wildman–Crippen LogP) is 1.40. The summed E-state index contributed by atoms with van der Waals surface area (Å²) in [6.07, 6.45) is 2.10. The first-order valence-corrected chi connectivity index (χ1v) is 5.09. The summed E-state index contributed by atoms with van der Waals surface area (Å²) in [5, 5.41) is 11.3. The van der Waals surface area contributed by atoms with Crippen LogP contribution >= 0.6 is 0 Å². The van der Waals surface area contributed by atoms with Gasteiger partial charge in [-0.3, -0.25) is 0 Å². The fourth-order valence-electron chi connectivity index (χ4n) is 1.65. The van der Waals surface area contributed by atoms with Crippen molar-refractivity contribution in [2.75, 3.05) is 5.73 Å². The highest BCUT2D eigenvalue weighted by molar-refractivity contribution is 5.59. The first-order chi connectivity index (χ1) is 7.75. The van der Waals surface area contributed by atoms with Crippen molar-refractivity contribution in [1.29, 1.82) is 0 Å². The number of nitrogen functional groups attached to an aromatic ring is 1. The Morgan fingerprint density at radius 3 is 2.88 bits per heavy atom. The molecule has 1 fully saturated rings. The summed E-state index contributed by atoms with van der Waals surface area (Å²) in [6, 6.07) is 4.85. The van der Waals surface area contributed by atoms with Gasteiger partial charge in [-0.05, 0) is 41.5 Å². The van der Waals surface area contributed by atoms with Crippen LogP contribution in [0.25, 0.3) is 11.4 Å². The molecule has 1 aromatic heterocycles.